The maximum atomic E-state index is 12.9. The van der Waals surface area contributed by atoms with E-state index in [1.54, 1.807) is 4.90 Å². The van der Waals surface area contributed by atoms with Crippen LogP contribution in [0.5, 0.6) is 0 Å². The second kappa shape index (κ2) is 11.8. The summed E-state index contributed by atoms with van der Waals surface area (Å²) in [5.41, 5.74) is 2.00. The van der Waals surface area contributed by atoms with Crippen molar-refractivity contribution in [3.63, 3.8) is 0 Å². The smallest absolute Gasteiger partial charge is 0.410 e. The van der Waals surface area contributed by atoms with Crippen molar-refractivity contribution in [3.05, 3.63) is 23.8 Å². The molecule has 4 aliphatic heterocycles. The molecule has 1 unspecified atom stereocenters. The van der Waals surface area contributed by atoms with Crippen LogP contribution in [0.4, 0.5) is 16.2 Å². The molecule has 0 bridgehead atoms. The number of anilines is 2. The largest absolute Gasteiger partial charge is 0.462 e. The van der Waals surface area contributed by atoms with Gasteiger partial charge in [0.1, 0.15) is 11.7 Å². The van der Waals surface area contributed by atoms with Crippen molar-refractivity contribution in [1.29, 1.82) is 5.26 Å². The SMILES string of the molecule is CC(C)(C)OC(=O)N1CCC2(CC1)CC(CCN1CCN(c3ccc(C#N)cc3N3CCOCC3)CC1)OC2=O. The van der Waals surface area contributed by atoms with Crippen molar-refractivity contribution in [2.24, 2.45) is 5.41 Å². The number of nitrogens with zero attached hydrogens (tertiary/aromatic N) is 5. The second-order valence-corrected chi connectivity index (χ2v) is 12.5. The maximum Gasteiger partial charge on any atom is 0.410 e. The van der Waals surface area contributed by atoms with Crippen LogP contribution in [-0.2, 0) is 19.0 Å². The summed E-state index contributed by atoms with van der Waals surface area (Å²) in [4.78, 5) is 34.3. The number of piperazine rings is 1. The topological polar surface area (TPSA) is 98.6 Å². The van der Waals surface area contributed by atoms with Gasteiger partial charge in [-0.15, -0.1) is 0 Å². The molecule has 0 aliphatic carbocycles. The first-order chi connectivity index (χ1) is 19.2. The van der Waals surface area contributed by atoms with E-state index in [0.29, 0.717) is 44.7 Å². The van der Waals surface area contributed by atoms with Gasteiger partial charge in [-0.3, -0.25) is 9.69 Å². The van der Waals surface area contributed by atoms with E-state index in [-0.39, 0.29) is 18.2 Å². The van der Waals surface area contributed by atoms with Crippen molar-refractivity contribution in [1.82, 2.24) is 9.80 Å². The molecular formula is C30H43N5O5. The van der Waals surface area contributed by atoms with Gasteiger partial charge in [0.15, 0.2) is 0 Å². The Morgan fingerprint density at radius 3 is 2.35 bits per heavy atom. The number of rotatable bonds is 5. The minimum absolute atomic E-state index is 0.0648. The van der Waals surface area contributed by atoms with E-state index in [0.717, 1.165) is 64.3 Å². The molecule has 0 saturated carbocycles. The van der Waals surface area contributed by atoms with E-state index < -0.39 is 11.0 Å². The Morgan fingerprint density at radius 1 is 1.02 bits per heavy atom. The highest BCUT2D eigenvalue weighted by Crippen LogP contribution is 2.44. The molecule has 40 heavy (non-hydrogen) atoms. The molecule has 1 aromatic rings. The standard InChI is InChI=1S/C30H43N5O5/c1-29(2,3)40-28(37)35-10-7-30(8-11-35)21-24(39-27(30)36)6-9-32-12-14-33(15-13-32)25-5-4-23(22-31)20-26(25)34-16-18-38-19-17-34/h4-5,20,24H,6-19,21H2,1-3H3. The Bertz CT molecular complexity index is 1110. The number of esters is 1. The Kier molecular flexibility index (Phi) is 8.43. The first-order valence-corrected chi connectivity index (χ1v) is 14.7. The van der Waals surface area contributed by atoms with Crippen LogP contribution in [0.25, 0.3) is 0 Å². The van der Waals surface area contributed by atoms with E-state index in [4.69, 9.17) is 14.2 Å². The summed E-state index contributed by atoms with van der Waals surface area (Å²) in [6, 6.07) is 8.29. The van der Waals surface area contributed by atoms with Gasteiger partial charge in [0.05, 0.1) is 41.6 Å². The van der Waals surface area contributed by atoms with Crippen LogP contribution in [0, 0.1) is 16.7 Å². The van der Waals surface area contributed by atoms with Gasteiger partial charge in [0.25, 0.3) is 0 Å². The number of carbonyl (C=O) groups excluding carboxylic acids is 2. The minimum Gasteiger partial charge on any atom is -0.462 e. The zero-order valence-electron chi connectivity index (χ0n) is 24.2. The average Bonchev–Trinajstić information content (AvgIpc) is 3.25. The molecule has 4 aliphatic rings. The molecule has 4 saturated heterocycles. The molecule has 4 heterocycles. The van der Waals surface area contributed by atoms with Crippen LogP contribution in [0.1, 0.15) is 52.0 Å². The van der Waals surface area contributed by atoms with Crippen molar-refractivity contribution in [3.8, 4) is 6.07 Å². The molecule has 10 nitrogen and oxygen atoms in total. The lowest BCUT2D eigenvalue weighted by atomic mass is 9.76. The molecule has 10 heteroatoms. The first-order valence-electron chi connectivity index (χ1n) is 14.7. The lowest BCUT2D eigenvalue weighted by molar-refractivity contribution is -0.151. The number of cyclic esters (lactones) is 1. The highest BCUT2D eigenvalue weighted by molar-refractivity contribution is 5.80. The van der Waals surface area contributed by atoms with E-state index in [2.05, 4.69) is 26.8 Å². The maximum absolute atomic E-state index is 12.9. The molecule has 218 valence electrons. The van der Waals surface area contributed by atoms with Crippen molar-refractivity contribution in [2.75, 3.05) is 81.9 Å². The molecule has 1 amide bonds. The van der Waals surface area contributed by atoms with Crippen molar-refractivity contribution >= 4 is 23.4 Å². The number of hydrogen-bond acceptors (Lipinski definition) is 9. The average molecular weight is 554 g/mol. The summed E-state index contributed by atoms with van der Waals surface area (Å²) in [5.74, 6) is -0.0948. The zero-order chi connectivity index (χ0) is 28.3. The molecular weight excluding hydrogens is 510 g/mol. The van der Waals surface area contributed by atoms with Crippen LogP contribution in [0.3, 0.4) is 0 Å². The molecule has 1 atom stereocenters. The van der Waals surface area contributed by atoms with E-state index >= 15 is 0 Å². The van der Waals surface area contributed by atoms with E-state index in [1.165, 1.54) is 5.69 Å². The second-order valence-electron chi connectivity index (χ2n) is 12.5. The van der Waals surface area contributed by atoms with Crippen molar-refractivity contribution in [2.45, 2.75) is 58.2 Å². The third-order valence-corrected chi connectivity index (χ3v) is 8.63. The molecule has 5 rings (SSSR count). The number of likely N-dealkylation sites (tertiary alicyclic amines) is 1. The summed E-state index contributed by atoms with van der Waals surface area (Å²) in [7, 11) is 0. The van der Waals surface area contributed by atoms with E-state index in [9.17, 15) is 14.9 Å². The number of nitriles is 1. The molecule has 4 fully saturated rings. The number of hydrogen-bond donors (Lipinski definition) is 0. The Balaban J connectivity index is 1.10. The summed E-state index contributed by atoms with van der Waals surface area (Å²) in [6.07, 6.45) is 2.47. The number of benzene rings is 1. The predicted octanol–water partition coefficient (Wildman–Crippen LogP) is 3.24. The van der Waals surface area contributed by atoms with Gasteiger partial charge in [0, 0.05) is 65.3 Å². The van der Waals surface area contributed by atoms with Gasteiger partial charge in [-0.1, -0.05) is 0 Å². The van der Waals surface area contributed by atoms with Crippen LogP contribution >= 0.6 is 0 Å². The fourth-order valence-corrected chi connectivity index (χ4v) is 6.31. The summed E-state index contributed by atoms with van der Waals surface area (Å²) < 4.78 is 16.9. The van der Waals surface area contributed by atoms with Gasteiger partial charge in [-0.05, 0) is 58.2 Å². The van der Waals surface area contributed by atoms with Crippen LogP contribution in [-0.4, -0.2) is 106 Å². The van der Waals surface area contributed by atoms with Crippen LogP contribution in [0.2, 0.25) is 0 Å². The number of carbonyl (C=O) groups is 2. The molecule has 1 aromatic carbocycles. The lowest BCUT2D eigenvalue weighted by Gasteiger charge is -2.39. The number of ether oxygens (including phenoxy) is 3. The third kappa shape index (κ3) is 6.47. The van der Waals surface area contributed by atoms with Gasteiger partial charge in [0.2, 0.25) is 0 Å². The third-order valence-electron chi connectivity index (χ3n) is 8.63. The predicted molar refractivity (Wildman–Crippen MR) is 151 cm³/mol. The molecule has 0 aromatic heterocycles. The Morgan fingerprint density at radius 2 is 1.70 bits per heavy atom. The number of amides is 1. The fraction of sp³-hybridized carbons (Fsp3) is 0.700. The van der Waals surface area contributed by atoms with Gasteiger partial charge in [-0.2, -0.15) is 5.26 Å². The molecule has 0 N–H and O–H groups in total. The monoisotopic (exact) mass is 553 g/mol. The van der Waals surface area contributed by atoms with Crippen LogP contribution < -0.4 is 9.80 Å². The molecule has 1 spiro atoms. The minimum atomic E-state index is -0.526. The van der Waals surface area contributed by atoms with Gasteiger partial charge in [-0.25, -0.2) is 4.79 Å². The van der Waals surface area contributed by atoms with Gasteiger partial charge >= 0.3 is 12.1 Å². The van der Waals surface area contributed by atoms with Gasteiger partial charge < -0.3 is 28.9 Å². The van der Waals surface area contributed by atoms with Crippen molar-refractivity contribution < 1.29 is 23.8 Å². The van der Waals surface area contributed by atoms with Crippen LogP contribution in [0.15, 0.2) is 18.2 Å². The molecule has 0 radical (unpaired) electrons. The summed E-state index contributed by atoms with van der Waals surface area (Å²) in [5, 5.41) is 9.45. The number of piperidine rings is 1. The lowest BCUT2D eigenvalue weighted by Crippen LogP contribution is -2.48. The highest BCUT2D eigenvalue weighted by Gasteiger charge is 2.51. The Labute approximate surface area is 237 Å². The quantitative estimate of drug-likeness (QED) is 0.509. The fourth-order valence-electron chi connectivity index (χ4n) is 6.31. The normalized spacial score (nSPS) is 23.7. The summed E-state index contributed by atoms with van der Waals surface area (Å²) in [6.45, 7) is 14.4. The summed E-state index contributed by atoms with van der Waals surface area (Å²) >= 11 is 0. The van der Waals surface area contributed by atoms with E-state index in [1.807, 2.05) is 32.9 Å². The number of morpholine rings is 1. The zero-order valence-corrected chi connectivity index (χ0v) is 24.2. The highest BCUT2D eigenvalue weighted by atomic mass is 16.6. The first kappa shape index (κ1) is 28.5. The Hall–Kier alpha value is -3.03.